The van der Waals surface area contributed by atoms with E-state index in [4.69, 9.17) is 11.6 Å². The van der Waals surface area contributed by atoms with E-state index in [1.165, 1.54) is 10.4 Å². The predicted molar refractivity (Wildman–Crippen MR) is 107 cm³/mol. The standard InChI is InChI=1S/C19H21ClN4S/c1-23-10-8-14(9-11-23)24(2)17-15-12-16(13-6-4-3-5-7-13)25-18(15)22-19(20)21-17/h3-7,12,14H,8-11H2,1-2H3. The smallest absolute Gasteiger partial charge is 0.225 e. The Bertz CT molecular complexity index is 872. The molecule has 0 amide bonds. The Hall–Kier alpha value is -1.69. The van der Waals surface area contributed by atoms with E-state index < -0.39 is 0 Å². The molecule has 1 fully saturated rings. The molecule has 130 valence electrons. The van der Waals surface area contributed by atoms with Crippen LogP contribution in [0.4, 0.5) is 5.82 Å². The molecule has 25 heavy (non-hydrogen) atoms. The van der Waals surface area contributed by atoms with Crippen molar-refractivity contribution in [3.8, 4) is 10.4 Å². The lowest BCUT2D eigenvalue weighted by Crippen LogP contribution is -2.42. The van der Waals surface area contributed by atoms with Crippen molar-refractivity contribution in [1.82, 2.24) is 14.9 Å². The Labute approximate surface area is 157 Å². The summed E-state index contributed by atoms with van der Waals surface area (Å²) in [5.41, 5.74) is 1.20. The summed E-state index contributed by atoms with van der Waals surface area (Å²) in [5, 5.41) is 1.42. The maximum absolute atomic E-state index is 6.23. The second-order valence-electron chi connectivity index (χ2n) is 6.66. The minimum Gasteiger partial charge on any atom is -0.356 e. The van der Waals surface area contributed by atoms with E-state index in [-0.39, 0.29) is 0 Å². The Morgan fingerprint density at radius 2 is 1.88 bits per heavy atom. The average Bonchev–Trinajstić information content (AvgIpc) is 3.05. The first kappa shape index (κ1) is 16.8. The lowest BCUT2D eigenvalue weighted by molar-refractivity contribution is 0.252. The number of hydrogen-bond acceptors (Lipinski definition) is 5. The van der Waals surface area contributed by atoms with Crippen molar-refractivity contribution < 1.29 is 0 Å². The minimum absolute atomic E-state index is 0.323. The molecule has 0 bridgehead atoms. The van der Waals surface area contributed by atoms with Crippen molar-refractivity contribution >= 4 is 39.0 Å². The SMILES string of the molecule is CN1CCC(N(C)c2nc(Cl)nc3sc(-c4ccccc4)cc23)CC1. The van der Waals surface area contributed by atoms with Gasteiger partial charge in [-0.2, -0.15) is 4.98 Å². The van der Waals surface area contributed by atoms with Gasteiger partial charge in [0, 0.05) is 18.0 Å². The fraction of sp³-hybridized carbons (Fsp3) is 0.368. The van der Waals surface area contributed by atoms with Gasteiger partial charge in [-0.15, -0.1) is 11.3 Å². The molecule has 3 heterocycles. The quantitative estimate of drug-likeness (QED) is 0.632. The molecule has 1 aliphatic rings. The van der Waals surface area contributed by atoms with Gasteiger partial charge < -0.3 is 9.80 Å². The number of benzene rings is 1. The Balaban J connectivity index is 1.74. The van der Waals surface area contributed by atoms with Crippen molar-refractivity contribution in [1.29, 1.82) is 0 Å². The van der Waals surface area contributed by atoms with E-state index in [1.54, 1.807) is 11.3 Å². The summed E-state index contributed by atoms with van der Waals surface area (Å²) < 4.78 is 0. The van der Waals surface area contributed by atoms with E-state index in [0.29, 0.717) is 11.3 Å². The molecule has 1 aromatic carbocycles. The molecular formula is C19H21ClN4S. The first-order valence-electron chi connectivity index (χ1n) is 8.55. The molecule has 0 atom stereocenters. The number of hydrogen-bond donors (Lipinski definition) is 0. The van der Waals surface area contributed by atoms with Gasteiger partial charge in [0.2, 0.25) is 5.28 Å². The van der Waals surface area contributed by atoms with Gasteiger partial charge >= 0.3 is 0 Å². The van der Waals surface area contributed by atoms with Crippen molar-refractivity contribution in [3.05, 3.63) is 41.7 Å². The van der Waals surface area contributed by atoms with Crippen molar-refractivity contribution in [2.45, 2.75) is 18.9 Å². The van der Waals surface area contributed by atoms with Crippen molar-refractivity contribution in [3.63, 3.8) is 0 Å². The Morgan fingerprint density at radius 3 is 2.60 bits per heavy atom. The van der Waals surface area contributed by atoms with Crippen LogP contribution in [0.5, 0.6) is 0 Å². The first-order chi connectivity index (χ1) is 12.1. The molecule has 0 saturated carbocycles. The summed E-state index contributed by atoms with van der Waals surface area (Å²) in [6.07, 6.45) is 2.29. The largest absolute Gasteiger partial charge is 0.356 e. The molecule has 2 aromatic heterocycles. The number of anilines is 1. The number of fused-ring (bicyclic) bond motifs is 1. The van der Waals surface area contributed by atoms with Crippen LogP contribution in [0.1, 0.15) is 12.8 Å². The van der Waals surface area contributed by atoms with E-state index >= 15 is 0 Å². The van der Waals surface area contributed by atoms with Crippen molar-refractivity contribution in [2.24, 2.45) is 0 Å². The number of likely N-dealkylation sites (tertiary alicyclic amines) is 1. The van der Waals surface area contributed by atoms with Crippen LogP contribution in [0.15, 0.2) is 36.4 Å². The molecular weight excluding hydrogens is 352 g/mol. The number of thiophene rings is 1. The summed E-state index contributed by atoms with van der Waals surface area (Å²) in [5.74, 6) is 0.947. The molecule has 4 nitrogen and oxygen atoms in total. The molecule has 0 radical (unpaired) electrons. The number of nitrogens with zero attached hydrogens (tertiary/aromatic N) is 4. The Morgan fingerprint density at radius 1 is 1.16 bits per heavy atom. The van der Waals surface area contributed by atoms with Gasteiger partial charge in [-0.1, -0.05) is 30.3 Å². The zero-order valence-corrected chi connectivity index (χ0v) is 16.0. The second kappa shape index (κ2) is 6.90. The van der Waals surface area contributed by atoms with Gasteiger partial charge in [0.15, 0.2) is 0 Å². The van der Waals surface area contributed by atoms with E-state index in [0.717, 1.165) is 42.0 Å². The third-order valence-corrected chi connectivity index (χ3v) is 6.22. The monoisotopic (exact) mass is 372 g/mol. The minimum atomic E-state index is 0.323. The zero-order chi connectivity index (χ0) is 17.4. The van der Waals surface area contributed by atoms with Crippen LogP contribution in [0.3, 0.4) is 0 Å². The van der Waals surface area contributed by atoms with Crippen LogP contribution in [0, 0.1) is 0 Å². The fourth-order valence-corrected chi connectivity index (χ4v) is 4.70. The second-order valence-corrected chi connectivity index (χ2v) is 8.03. The topological polar surface area (TPSA) is 32.3 Å². The number of halogens is 1. The number of piperidine rings is 1. The van der Waals surface area contributed by atoms with Gasteiger partial charge in [-0.05, 0) is 56.2 Å². The first-order valence-corrected chi connectivity index (χ1v) is 9.75. The molecule has 1 saturated heterocycles. The lowest BCUT2D eigenvalue weighted by atomic mass is 10.0. The predicted octanol–water partition coefficient (Wildman–Crippen LogP) is 4.54. The van der Waals surface area contributed by atoms with Gasteiger partial charge in [-0.25, -0.2) is 4.98 Å². The average molecular weight is 373 g/mol. The normalized spacial score (nSPS) is 16.4. The molecule has 0 unspecified atom stereocenters. The summed E-state index contributed by atoms with van der Waals surface area (Å²) in [6.45, 7) is 2.24. The molecule has 4 rings (SSSR count). The van der Waals surface area contributed by atoms with Gasteiger partial charge in [0.05, 0.1) is 5.39 Å². The van der Waals surface area contributed by atoms with Crippen LogP contribution in [-0.2, 0) is 0 Å². The molecule has 0 spiro atoms. The number of aromatic nitrogens is 2. The highest BCUT2D eigenvalue weighted by molar-refractivity contribution is 7.22. The molecule has 0 N–H and O–H groups in total. The maximum atomic E-state index is 6.23. The van der Waals surface area contributed by atoms with Gasteiger partial charge in [0.1, 0.15) is 10.6 Å². The fourth-order valence-electron chi connectivity index (χ4n) is 3.45. The van der Waals surface area contributed by atoms with Crippen LogP contribution in [0.2, 0.25) is 5.28 Å². The summed E-state index contributed by atoms with van der Waals surface area (Å²) in [4.78, 5) is 15.9. The molecule has 3 aromatic rings. The van der Waals surface area contributed by atoms with E-state index in [1.807, 2.05) is 6.07 Å². The third kappa shape index (κ3) is 3.36. The van der Waals surface area contributed by atoms with Crippen LogP contribution in [-0.4, -0.2) is 48.1 Å². The summed E-state index contributed by atoms with van der Waals surface area (Å²) in [7, 11) is 4.31. The number of rotatable bonds is 3. The zero-order valence-electron chi connectivity index (χ0n) is 14.4. The van der Waals surface area contributed by atoms with E-state index in [2.05, 4.69) is 64.2 Å². The highest BCUT2D eigenvalue weighted by atomic mass is 35.5. The highest BCUT2D eigenvalue weighted by Crippen LogP contribution is 2.37. The Kier molecular flexibility index (Phi) is 4.63. The maximum Gasteiger partial charge on any atom is 0.225 e. The van der Waals surface area contributed by atoms with Gasteiger partial charge in [0.25, 0.3) is 0 Å². The summed E-state index contributed by atoms with van der Waals surface area (Å²) in [6, 6.07) is 13.1. The third-order valence-electron chi connectivity index (χ3n) is 4.97. The van der Waals surface area contributed by atoms with Crippen LogP contribution < -0.4 is 4.90 Å². The molecule has 6 heteroatoms. The van der Waals surface area contributed by atoms with Crippen molar-refractivity contribution in [2.75, 3.05) is 32.1 Å². The lowest BCUT2D eigenvalue weighted by Gasteiger charge is -2.35. The highest BCUT2D eigenvalue weighted by Gasteiger charge is 2.24. The van der Waals surface area contributed by atoms with Crippen LogP contribution >= 0.6 is 22.9 Å². The molecule has 1 aliphatic heterocycles. The molecule has 0 aliphatic carbocycles. The van der Waals surface area contributed by atoms with Gasteiger partial charge in [-0.3, -0.25) is 0 Å². The van der Waals surface area contributed by atoms with Crippen LogP contribution in [0.25, 0.3) is 20.7 Å². The van der Waals surface area contributed by atoms with E-state index in [9.17, 15) is 0 Å². The summed E-state index contributed by atoms with van der Waals surface area (Å²) >= 11 is 7.91.